The van der Waals surface area contributed by atoms with Gasteiger partial charge in [-0.2, -0.15) is 0 Å². The van der Waals surface area contributed by atoms with Gasteiger partial charge in [0.15, 0.2) is 0 Å². The Bertz CT molecular complexity index is 604. The molecule has 1 amide bonds. The monoisotopic (exact) mass is 321 g/mol. The molecule has 1 aromatic carbocycles. The highest BCUT2D eigenvalue weighted by Gasteiger charge is 2.14. The zero-order valence-corrected chi connectivity index (χ0v) is 12.7. The van der Waals surface area contributed by atoms with E-state index in [0.717, 1.165) is 21.6 Å². The third-order valence-corrected chi connectivity index (χ3v) is 3.82. The van der Waals surface area contributed by atoms with E-state index in [9.17, 15) is 4.79 Å². The van der Waals surface area contributed by atoms with E-state index in [1.165, 1.54) is 0 Å². The smallest absolute Gasteiger partial charge is 0.251 e. The van der Waals surface area contributed by atoms with Crippen LogP contribution >= 0.6 is 15.9 Å². The van der Waals surface area contributed by atoms with Gasteiger partial charge in [0.05, 0.1) is 6.04 Å². The quantitative estimate of drug-likeness (QED) is 0.922. The number of aryl methyl sites for hydroxylation is 2. The Morgan fingerprint density at radius 2 is 2.00 bits per heavy atom. The molecule has 2 aromatic rings. The third kappa shape index (κ3) is 3.26. The average molecular weight is 322 g/mol. The first-order chi connectivity index (χ1) is 8.97. The molecule has 19 heavy (non-hydrogen) atoms. The first kappa shape index (κ1) is 13.9. The van der Waals surface area contributed by atoms with Gasteiger partial charge in [0.1, 0.15) is 11.5 Å². The summed E-state index contributed by atoms with van der Waals surface area (Å²) in [6.45, 7) is 5.77. The van der Waals surface area contributed by atoms with Gasteiger partial charge in [-0.15, -0.1) is 0 Å². The first-order valence-electron chi connectivity index (χ1n) is 6.10. The molecule has 4 heteroatoms. The summed E-state index contributed by atoms with van der Waals surface area (Å²) in [6.07, 6.45) is 0. The number of carbonyl (C=O) groups excluding carboxylic acids is 1. The third-order valence-electron chi connectivity index (χ3n) is 2.97. The van der Waals surface area contributed by atoms with E-state index in [1.54, 1.807) is 0 Å². The van der Waals surface area contributed by atoms with Gasteiger partial charge in [0, 0.05) is 10.0 Å². The molecule has 0 bridgehead atoms. The Labute approximate surface area is 121 Å². The molecular weight excluding hydrogens is 306 g/mol. The van der Waals surface area contributed by atoms with Gasteiger partial charge in [0.2, 0.25) is 0 Å². The fourth-order valence-electron chi connectivity index (χ4n) is 1.77. The SMILES string of the molecule is Cc1ccc(C(C)NC(=O)c2ccc(C)c(Br)c2)o1. The maximum absolute atomic E-state index is 12.1. The zero-order valence-electron chi connectivity index (χ0n) is 11.2. The van der Waals surface area contributed by atoms with Crippen molar-refractivity contribution in [2.24, 2.45) is 0 Å². The number of amides is 1. The maximum atomic E-state index is 12.1. The van der Waals surface area contributed by atoms with Gasteiger partial charge in [-0.25, -0.2) is 0 Å². The molecule has 3 nitrogen and oxygen atoms in total. The summed E-state index contributed by atoms with van der Waals surface area (Å²) in [5, 5.41) is 2.92. The van der Waals surface area contributed by atoms with Gasteiger partial charge in [-0.05, 0) is 50.6 Å². The number of nitrogens with one attached hydrogen (secondary N) is 1. The van der Waals surface area contributed by atoms with Crippen molar-refractivity contribution in [2.45, 2.75) is 26.8 Å². The molecule has 100 valence electrons. The Hall–Kier alpha value is -1.55. The van der Waals surface area contributed by atoms with E-state index in [2.05, 4.69) is 21.2 Å². The highest BCUT2D eigenvalue weighted by Crippen LogP contribution is 2.19. The van der Waals surface area contributed by atoms with Gasteiger partial charge < -0.3 is 9.73 Å². The van der Waals surface area contributed by atoms with Crippen LogP contribution in [0, 0.1) is 13.8 Å². The van der Waals surface area contributed by atoms with Crippen LogP contribution in [0.1, 0.15) is 40.4 Å². The summed E-state index contributed by atoms with van der Waals surface area (Å²) < 4.78 is 6.43. The van der Waals surface area contributed by atoms with Gasteiger partial charge >= 0.3 is 0 Å². The van der Waals surface area contributed by atoms with Crippen molar-refractivity contribution < 1.29 is 9.21 Å². The molecule has 0 aliphatic carbocycles. The lowest BCUT2D eigenvalue weighted by Gasteiger charge is -2.12. The summed E-state index contributed by atoms with van der Waals surface area (Å²) in [7, 11) is 0. The van der Waals surface area contributed by atoms with Crippen molar-refractivity contribution in [3.63, 3.8) is 0 Å². The highest BCUT2D eigenvalue weighted by atomic mass is 79.9. The molecule has 0 radical (unpaired) electrons. The second kappa shape index (κ2) is 5.61. The predicted molar refractivity (Wildman–Crippen MR) is 78.2 cm³/mol. The molecule has 1 unspecified atom stereocenters. The molecule has 0 spiro atoms. The minimum absolute atomic E-state index is 0.109. The Balaban J connectivity index is 2.10. The maximum Gasteiger partial charge on any atom is 0.251 e. The molecule has 0 saturated carbocycles. The normalized spacial score (nSPS) is 12.2. The van der Waals surface area contributed by atoms with E-state index >= 15 is 0 Å². The van der Waals surface area contributed by atoms with Crippen LogP contribution in [0.5, 0.6) is 0 Å². The molecule has 0 aliphatic rings. The highest BCUT2D eigenvalue weighted by molar-refractivity contribution is 9.10. The zero-order chi connectivity index (χ0) is 14.0. The molecule has 1 heterocycles. The Morgan fingerprint density at radius 1 is 1.26 bits per heavy atom. The molecule has 2 rings (SSSR count). The van der Waals surface area contributed by atoms with E-state index in [1.807, 2.05) is 51.1 Å². The average Bonchev–Trinajstić information content (AvgIpc) is 2.79. The van der Waals surface area contributed by atoms with Crippen molar-refractivity contribution in [1.82, 2.24) is 5.32 Å². The molecule has 0 aliphatic heterocycles. The van der Waals surface area contributed by atoms with Crippen LogP contribution in [0.25, 0.3) is 0 Å². The van der Waals surface area contributed by atoms with E-state index in [-0.39, 0.29) is 11.9 Å². The van der Waals surface area contributed by atoms with Crippen LogP contribution in [0.4, 0.5) is 0 Å². The molecule has 1 N–H and O–H groups in total. The summed E-state index contributed by atoms with van der Waals surface area (Å²) in [5.41, 5.74) is 1.74. The van der Waals surface area contributed by atoms with Crippen LogP contribution in [-0.4, -0.2) is 5.91 Å². The van der Waals surface area contributed by atoms with E-state index < -0.39 is 0 Å². The fraction of sp³-hybridized carbons (Fsp3) is 0.267. The van der Waals surface area contributed by atoms with Crippen molar-refractivity contribution in [1.29, 1.82) is 0 Å². The largest absolute Gasteiger partial charge is 0.464 e. The lowest BCUT2D eigenvalue weighted by atomic mass is 10.1. The number of furan rings is 1. The summed E-state index contributed by atoms with van der Waals surface area (Å²) in [5.74, 6) is 1.49. The Morgan fingerprint density at radius 3 is 2.58 bits per heavy atom. The minimum atomic E-state index is -0.152. The molecule has 0 saturated heterocycles. The summed E-state index contributed by atoms with van der Waals surface area (Å²) in [4.78, 5) is 12.1. The molecular formula is C15H16BrNO2. The standard InChI is InChI=1S/C15H16BrNO2/c1-9-4-6-12(8-13(9)16)15(18)17-11(3)14-7-5-10(2)19-14/h4-8,11H,1-3H3,(H,17,18). The van der Waals surface area contributed by atoms with Crippen molar-refractivity contribution in [2.75, 3.05) is 0 Å². The summed E-state index contributed by atoms with van der Waals surface area (Å²) >= 11 is 3.43. The number of carbonyl (C=O) groups is 1. The van der Waals surface area contributed by atoms with E-state index in [0.29, 0.717) is 5.56 Å². The first-order valence-corrected chi connectivity index (χ1v) is 6.90. The second-order valence-corrected chi connectivity index (χ2v) is 5.46. The molecule has 1 atom stereocenters. The van der Waals surface area contributed by atoms with Gasteiger partial charge in [0.25, 0.3) is 5.91 Å². The van der Waals surface area contributed by atoms with Crippen LogP contribution < -0.4 is 5.32 Å². The molecule has 1 aromatic heterocycles. The minimum Gasteiger partial charge on any atom is -0.464 e. The lowest BCUT2D eigenvalue weighted by Crippen LogP contribution is -2.26. The van der Waals surface area contributed by atoms with Crippen LogP contribution in [0.15, 0.2) is 39.2 Å². The van der Waals surface area contributed by atoms with Crippen molar-refractivity contribution in [3.05, 3.63) is 57.5 Å². The Kier molecular flexibility index (Phi) is 4.10. The van der Waals surface area contributed by atoms with Gasteiger partial charge in [-0.3, -0.25) is 4.79 Å². The number of hydrogen-bond acceptors (Lipinski definition) is 2. The van der Waals surface area contributed by atoms with Crippen LogP contribution in [-0.2, 0) is 0 Å². The predicted octanol–water partition coefficient (Wildman–Crippen LogP) is 4.15. The molecule has 0 fully saturated rings. The fourth-order valence-corrected chi connectivity index (χ4v) is 2.15. The topological polar surface area (TPSA) is 42.2 Å². The van der Waals surface area contributed by atoms with Crippen LogP contribution in [0.2, 0.25) is 0 Å². The van der Waals surface area contributed by atoms with Crippen molar-refractivity contribution >= 4 is 21.8 Å². The van der Waals surface area contributed by atoms with Crippen LogP contribution in [0.3, 0.4) is 0 Å². The number of benzene rings is 1. The number of halogens is 1. The lowest BCUT2D eigenvalue weighted by molar-refractivity contribution is 0.0935. The number of rotatable bonds is 3. The van der Waals surface area contributed by atoms with Gasteiger partial charge in [-0.1, -0.05) is 22.0 Å². The summed E-state index contributed by atoms with van der Waals surface area (Å²) in [6, 6.07) is 9.17. The van der Waals surface area contributed by atoms with E-state index in [4.69, 9.17) is 4.42 Å². The van der Waals surface area contributed by atoms with Crippen molar-refractivity contribution in [3.8, 4) is 0 Å². The number of hydrogen-bond donors (Lipinski definition) is 1. The second-order valence-electron chi connectivity index (χ2n) is 4.61.